The molecule has 0 unspecified atom stereocenters. The van der Waals surface area contributed by atoms with Crippen LogP contribution in [0.5, 0.6) is 0 Å². The van der Waals surface area contributed by atoms with Gasteiger partial charge in [0.15, 0.2) is 5.76 Å². The number of likely N-dealkylation sites (N-methyl/N-ethyl adjacent to an activating group) is 1. The van der Waals surface area contributed by atoms with Crippen LogP contribution in [-0.2, 0) is 19.4 Å². The summed E-state index contributed by atoms with van der Waals surface area (Å²) in [5, 5.41) is 8.19. The largest absolute Gasteiger partial charge is 0.373 e. The van der Waals surface area contributed by atoms with Crippen molar-refractivity contribution in [1.82, 2.24) is 14.9 Å². The molecule has 6 nitrogen and oxygen atoms in total. The van der Waals surface area contributed by atoms with Crippen LogP contribution in [-0.4, -0.2) is 28.5 Å². The number of anilines is 1. The molecule has 0 saturated carbocycles. The summed E-state index contributed by atoms with van der Waals surface area (Å²) in [6, 6.07) is 13.7. The molecule has 2 aromatic heterocycles. The molecule has 0 spiro atoms. The number of nitrogens with zero attached hydrogens (tertiary/aromatic N) is 4. The number of aromatic nitrogens is 3. The van der Waals surface area contributed by atoms with Crippen LogP contribution in [0, 0.1) is 0 Å². The average molecular weight is 338 g/mol. The third-order valence-electron chi connectivity index (χ3n) is 4.15. The van der Waals surface area contributed by atoms with Crippen LogP contribution < -0.4 is 10.5 Å². The minimum Gasteiger partial charge on any atom is -0.373 e. The van der Waals surface area contributed by atoms with Gasteiger partial charge in [0.25, 0.3) is 5.56 Å². The predicted octanol–water partition coefficient (Wildman–Crippen LogP) is 2.52. The van der Waals surface area contributed by atoms with E-state index < -0.39 is 0 Å². The van der Waals surface area contributed by atoms with Crippen molar-refractivity contribution >= 4 is 5.69 Å². The van der Waals surface area contributed by atoms with Crippen molar-refractivity contribution in [3.63, 3.8) is 0 Å². The quantitative estimate of drug-likeness (QED) is 0.662. The van der Waals surface area contributed by atoms with Crippen LogP contribution in [0.15, 0.2) is 58.0 Å². The number of benzene rings is 1. The first kappa shape index (κ1) is 17.0. The molecular weight excluding hydrogens is 316 g/mol. The molecule has 0 bridgehead atoms. The molecule has 3 aromatic rings. The molecule has 1 aromatic carbocycles. The monoisotopic (exact) mass is 338 g/mol. The molecule has 0 atom stereocenters. The molecule has 25 heavy (non-hydrogen) atoms. The Balaban J connectivity index is 1.65. The Morgan fingerprint density at radius 2 is 2.00 bits per heavy atom. The lowest BCUT2D eigenvalue weighted by Crippen LogP contribution is -2.27. The van der Waals surface area contributed by atoms with E-state index in [1.165, 1.54) is 10.2 Å². The summed E-state index contributed by atoms with van der Waals surface area (Å²) in [6.07, 6.45) is 3.43. The van der Waals surface area contributed by atoms with Gasteiger partial charge >= 0.3 is 0 Å². The molecule has 0 aliphatic carbocycles. The van der Waals surface area contributed by atoms with Gasteiger partial charge in [-0.25, -0.2) is 4.68 Å². The first-order valence-electron chi connectivity index (χ1n) is 8.42. The van der Waals surface area contributed by atoms with E-state index in [-0.39, 0.29) is 5.56 Å². The highest BCUT2D eigenvalue weighted by molar-refractivity contribution is 5.42. The van der Waals surface area contributed by atoms with Crippen molar-refractivity contribution in [3.05, 3.63) is 76.0 Å². The predicted molar refractivity (Wildman–Crippen MR) is 96.9 cm³/mol. The Morgan fingerprint density at radius 3 is 2.68 bits per heavy atom. The lowest BCUT2D eigenvalue weighted by Gasteiger charge is -2.19. The van der Waals surface area contributed by atoms with Crippen LogP contribution >= 0.6 is 0 Å². The van der Waals surface area contributed by atoms with Gasteiger partial charge in [-0.3, -0.25) is 4.79 Å². The lowest BCUT2D eigenvalue weighted by atomic mass is 10.1. The van der Waals surface area contributed by atoms with Crippen molar-refractivity contribution in [1.29, 1.82) is 0 Å². The number of hydrogen-bond acceptors (Lipinski definition) is 5. The molecule has 0 fully saturated rings. The van der Waals surface area contributed by atoms with Crippen molar-refractivity contribution in [2.75, 3.05) is 18.5 Å². The van der Waals surface area contributed by atoms with Crippen molar-refractivity contribution in [2.24, 2.45) is 0 Å². The van der Waals surface area contributed by atoms with Crippen LogP contribution in [0.1, 0.15) is 23.9 Å². The summed E-state index contributed by atoms with van der Waals surface area (Å²) in [5.74, 6) is 0.636. The van der Waals surface area contributed by atoms with E-state index in [2.05, 4.69) is 22.4 Å². The number of hydrogen-bond donors (Lipinski definition) is 0. The Bertz CT molecular complexity index is 870. The molecule has 6 heteroatoms. The molecule has 0 N–H and O–H groups in total. The molecule has 0 amide bonds. The Kier molecular flexibility index (Phi) is 5.28. The Hall–Kier alpha value is -2.89. The maximum absolute atomic E-state index is 12.3. The fraction of sp³-hybridized carbons (Fsp3) is 0.316. The van der Waals surface area contributed by atoms with E-state index in [0.29, 0.717) is 12.3 Å². The highest BCUT2D eigenvalue weighted by Gasteiger charge is 2.08. The van der Waals surface area contributed by atoms with Gasteiger partial charge in [-0.15, -0.1) is 0 Å². The minimum atomic E-state index is -0.154. The molecule has 0 aliphatic heterocycles. The molecule has 0 radical (unpaired) electrons. The van der Waals surface area contributed by atoms with Gasteiger partial charge in [0.05, 0.1) is 17.6 Å². The second-order valence-electron chi connectivity index (χ2n) is 6.00. The minimum absolute atomic E-state index is 0.154. The van der Waals surface area contributed by atoms with E-state index >= 15 is 0 Å². The summed E-state index contributed by atoms with van der Waals surface area (Å²) >= 11 is 0. The van der Waals surface area contributed by atoms with Crippen molar-refractivity contribution in [2.45, 2.75) is 26.3 Å². The third-order valence-corrected chi connectivity index (χ3v) is 4.15. The highest BCUT2D eigenvalue weighted by Crippen LogP contribution is 2.10. The fourth-order valence-corrected chi connectivity index (χ4v) is 2.57. The fourth-order valence-electron chi connectivity index (χ4n) is 2.57. The van der Waals surface area contributed by atoms with E-state index in [1.54, 1.807) is 12.3 Å². The van der Waals surface area contributed by atoms with Gasteiger partial charge < -0.3 is 9.42 Å². The van der Waals surface area contributed by atoms with Gasteiger partial charge in [-0.05, 0) is 18.4 Å². The first-order valence-corrected chi connectivity index (χ1v) is 8.42. The second kappa shape index (κ2) is 7.79. The summed E-state index contributed by atoms with van der Waals surface area (Å²) in [4.78, 5) is 14.3. The normalized spacial score (nSPS) is 10.8. The van der Waals surface area contributed by atoms with Crippen molar-refractivity contribution < 1.29 is 4.52 Å². The van der Waals surface area contributed by atoms with Crippen molar-refractivity contribution in [3.8, 4) is 0 Å². The Morgan fingerprint density at radius 1 is 1.20 bits per heavy atom. The maximum atomic E-state index is 12.3. The zero-order valence-electron chi connectivity index (χ0n) is 14.6. The molecule has 130 valence electrons. The number of aryl methyl sites for hydroxylation is 1. The smallest absolute Gasteiger partial charge is 0.269 e. The second-order valence-corrected chi connectivity index (χ2v) is 6.00. The zero-order valence-corrected chi connectivity index (χ0v) is 14.6. The molecule has 0 aliphatic rings. The summed E-state index contributed by atoms with van der Waals surface area (Å²) in [6.45, 7) is 3.11. The number of rotatable bonds is 7. The summed E-state index contributed by atoms with van der Waals surface area (Å²) in [7, 11) is 1.97. The lowest BCUT2D eigenvalue weighted by molar-refractivity contribution is 0.364. The molecule has 2 heterocycles. The Labute approximate surface area is 146 Å². The van der Waals surface area contributed by atoms with E-state index in [1.807, 2.05) is 43.1 Å². The highest BCUT2D eigenvalue weighted by atomic mass is 16.5. The standard InChI is InChI=1S/C19H22N4O2/c1-3-16-11-18(25-21-16)14-23-19(24)12-17(13-20-23)22(2)10-9-15-7-5-4-6-8-15/h4-8,11-13H,3,9-10,14H2,1-2H3. The molecule has 3 rings (SSSR count). The molecule has 0 saturated heterocycles. The average Bonchev–Trinajstić information content (AvgIpc) is 3.10. The van der Waals surface area contributed by atoms with Crippen LogP contribution in [0.4, 0.5) is 5.69 Å². The maximum Gasteiger partial charge on any atom is 0.269 e. The first-order chi connectivity index (χ1) is 12.2. The van der Waals surface area contributed by atoms with E-state index in [0.717, 1.165) is 30.8 Å². The molecular formula is C19H22N4O2. The van der Waals surface area contributed by atoms with Crippen LogP contribution in [0.2, 0.25) is 0 Å². The van der Waals surface area contributed by atoms with Gasteiger partial charge in [-0.2, -0.15) is 5.10 Å². The van der Waals surface area contributed by atoms with E-state index in [9.17, 15) is 4.79 Å². The third kappa shape index (κ3) is 4.35. The summed E-state index contributed by atoms with van der Waals surface area (Å²) < 4.78 is 6.60. The van der Waals surface area contributed by atoms with Gasteiger partial charge in [0.2, 0.25) is 0 Å². The van der Waals surface area contributed by atoms with Gasteiger partial charge in [0, 0.05) is 25.7 Å². The van der Waals surface area contributed by atoms with E-state index in [4.69, 9.17) is 4.52 Å². The van der Waals surface area contributed by atoms with Crippen LogP contribution in [0.25, 0.3) is 0 Å². The SMILES string of the molecule is CCc1cc(Cn2ncc(N(C)CCc3ccccc3)cc2=O)on1. The van der Waals surface area contributed by atoms with Crippen LogP contribution in [0.3, 0.4) is 0 Å². The topological polar surface area (TPSA) is 64.2 Å². The summed E-state index contributed by atoms with van der Waals surface area (Å²) in [5.41, 5.74) is 2.80. The van der Waals surface area contributed by atoms with Gasteiger partial charge in [-0.1, -0.05) is 42.4 Å². The zero-order chi connectivity index (χ0) is 17.6. The van der Waals surface area contributed by atoms with Gasteiger partial charge in [0.1, 0.15) is 6.54 Å².